The van der Waals surface area contributed by atoms with Gasteiger partial charge in [0.25, 0.3) is 5.91 Å². The molecule has 0 saturated heterocycles. The molecule has 6 heteroatoms. The molecule has 6 nitrogen and oxygen atoms in total. The molecule has 2 N–H and O–H groups in total. The van der Waals surface area contributed by atoms with Gasteiger partial charge in [-0.3, -0.25) is 9.78 Å². The highest BCUT2D eigenvalue weighted by Gasteiger charge is 2.16. The lowest BCUT2D eigenvalue weighted by atomic mass is 10.2. The van der Waals surface area contributed by atoms with Crippen LogP contribution in [-0.4, -0.2) is 22.9 Å². The third kappa shape index (κ3) is 2.50. The fraction of sp³-hybridized carbons (Fsp3) is 0.0769. The smallest absolute Gasteiger partial charge is 0.276 e. The largest absolute Gasteiger partial charge is 0.396 e. The average Bonchev–Trinajstić information content (AvgIpc) is 2.46. The molecule has 2 aromatic rings. The molecule has 1 amide bonds. The molecule has 0 aliphatic carbocycles. The lowest BCUT2D eigenvalue weighted by Crippen LogP contribution is -2.27. The van der Waals surface area contributed by atoms with E-state index in [1.54, 1.807) is 25.4 Å². The molecule has 2 rings (SSSR count). The summed E-state index contributed by atoms with van der Waals surface area (Å²) in [5.41, 5.74) is 7.39. The zero-order chi connectivity index (χ0) is 13.8. The van der Waals surface area contributed by atoms with E-state index in [9.17, 15) is 4.79 Å². The van der Waals surface area contributed by atoms with E-state index < -0.39 is 0 Å². The molecular weight excluding hydrogens is 242 g/mol. The molecule has 0 aromatic carbocycles. The molecule has 0 spiro atoms. The van der Waals surface area contributed by atoms with Crippen LogP contribution in [0, 0.1) is 11.3 Å². The molecule has 19 heavy (non-hydrogen) atoms. The molecule has 0 aliphatic heterocycles. The lowest BCUT2D eigenvalue weighted by molar-refractivity contribution is 0.0988. The first-order valence-electron chi connectivity index (χ1n) is 5.47. The maximum absolute atomic E-state index is 12.2. The Hall–Kier alpha value is -2.94. The van der Waals surface area contributed by atoms with Crippen LogP contribution in [-0.2, 0) is 0 Å². The molecular formula is C13H11N5O. The zero-order valence-electron chi connectivity index (χ0n) is 10.2. The molecule has 0 saturated carbocycles. The van der Waals surface area contributed by atoms with Crippen molar-refractivity contribution in [2.24, 2.45) is 0 Å². The van der Waals surface area contributed by atoms with Crippen LogP contribution in [0.4, 0.5) is 11.4 Å². The van der Waals surface area contributed by atoms with Crippen molar-refractivity contribution in [1.29, 1.82) is 5.26 Å². The highest BCUT2D eigenvalue weighted by atomic mass is 16.2. The minimum Gasteiger partial charge on any atom is -0.396 e. The van der Waals surface area contributed by atoms with Crippen LogP contribution in [0.15, 0.2) is 36.8 Å². The predicted molar refractivity (Wildman–Crippen MR) is 70.3 cm³/mol. The first-order valence-corrected chi connectivity index (χ1v) is 5.47. The molecule has 0 aliphatic rings. The monoisotopic (exact) mass is 253 g/mol. The number of nitrogen functional groups attached to an aromatic ring is 1. The molecule has 0 fully saturated rings. The molecule has 0 atom stereocenters. The number of anilines is 2. The minimum atomic E-state index is -0.303. The zero-order valence-corrected chi connectivity index (χ0v) is 10.2. The molecule has 0 radical (unpaired) electrons. The number of carbonyl (C=O) groups excluding carboxylic acids is 1. The van der Waals surface area contributed by atoms with E-state index in [0.29, 0.717) is 16.9 Å². The summed E-state index contributed by atoms with van der Waals surface area (Å²) in [6, 6.07) is 6.65. The van der Waals surface area contributed by atoms with Gasteiger partial charge < -0.3 is 10.6 Å². The van der Waals surface area contributed by atoms with Crippen molar-refractivity contribution in [3.8, 4) is 6.07 Å². The quantitative estimate of drug-likeness (QED) is 0.867. The summed E-state index contributed by atoms with van der Waals surface area (Å²) in [6.07, 6.45) is 4.39. The number of hydrogen-bond donors (Lipinski definition) is 1. The number of hydrogen-bond acceptors (Lipinski definition) is 5. The first kappa shape index (κ1) is 12.5. The lowest BCUT2D eigenvalue weighted by Gasteiger charge is -2.18. The van der Waals surface area contributed by atoms with Gasteiger partial charge in [-0.25, -0.2) is 4.98 Å². The van der Waals surface area contributed by atoms with Gasteiger partial charge in [0.2, 0.25) is 0 Å². The van der Waals surface area contributed by atoms with Gasteiger partial charge in [-0.1, -0.05) is 0 Å². The van der Waals surface area contributed by atoms with Gasteiger partial charge in [0.15, 0.2) is 0 Å². The Morgan fingerprint density at radius 3 is 2.74 bits per heavy atom. The maximum atomic E-state index is 12.2. The Bertz CT molecular complexity index is 645. The van der Waals surface area contributed by atoms with Crippen molar-refractivity contribution < 1.29 is 4.79 Å². The third-order valence-corrected chi connectivity index (χ3v) is 2.61. The fourth-order valence-corrected chi connectivity index (χ4v) is 1.57. The van der Waals surface area contributed by atoms with Crippen LogP contribution >= 0.6 is 0 Å². The standard InChI is InChI=1S/C13H11N5O/c1-18(12-4-5-16-8-10(12)15)13(19)11-3-2-9(6-14)7-17-11/h2-5,7-8H,15H2,1H3. The Morgan fingerprint density at radius 1 is 1.37 bits per heavy atom. The van der Waals surface area contributed by atoms with E-state index in [-0.39, 0.29) is 11.6 Å². The number of nitriles is 1. The van der Waals surface area contributed by atoms with Gasteiger partial charge in [0.1, 0.15) is 11.8 Å². The van der Waals surface area contributed by atoms with E-state index in [0.717, 1.165) is 0 Å². The van der Waals surface area contributed by atoms with E-state index in [2.05, 4.69) is 9.97 Å². The van der Waals surface area contributed by atoms with Crippen molar-refractivity contribution in [3.05, 3.63) is 48.0 Å². The number of pyridine rings is 2. The Labute approximate surface area is 110 Å². The molecule has 94 valence electrons. The van der Waals surface area contributed by atoms with Crippen LogP contribution in [0.1, 0.15) is 16.1 Å². The Kier molecular flexibility index (Phi) is 3.39. The summed E-state index contributed by atoms with van der Waals surface area (Å²) < 4.78 is 0. The summed E-state index contributed by atoms with van der Waals surface area (Å²) in [5.74, 6) is -0.303. The highest BCUT2D eigenvalue weighted by molar-refractivity contribution is 6.05. The second-order valence-electron chi connectivity index (χ2n) is 3.84. The summed E-state index contributed by atoms with van der Waals surface area (Å²) in [6.45, 7) is 0. The number of rotatable bonds is 2. The number of aromatic nitrogens is 2. The molecule has 0 bridgehead atoms. The number of carbonyl (C=O) groups is 1. The third-order valence-electron chi connectivity index (χ3n) is 2.61. The predicted octanol–water partition coefficient (Wildman–Crippen LogP) is 1.21. The van der Waals surface area contributed by atoms with E-state index in [1.807, 2.05) is 6.07 Å². The average molecular weight is 253 g/mol. The van der Waals surface area contributed by atoms with Gasteiger partial charge in [-0.15, -0.1) is 0 Å². The van der Waals surface area contributed by atoms with Gasteiger partial charge >= 0.3 is 0 Å². The fourth-order valence-electron chi connectivity index (χ4n) is 1.57. The molecule has 0 unspecified atom stereocenters. The maximum Gasteiger partial charge on any atom is 0.276 e. The van der Waals surface area contributed by atoms with Crippen molar-refractivity contribution in [2.75, 3.05) is 17.7 Å². The second-order valence-corrected chi connectivity index (χ2v) is 3.84. The van der Waals surface area contributed by atoms with Crippen molar-refractivity contribution in [2.45, 2.75) is 0 Å². The van der Waals surface area contributed by atoms with Crippen molar-refractivity contribution in [1.82, 2.24) is 9.97 Å². The summed E-state index contributed by atoms with van der Waals surface area (Å²) in [5, 5.41) is 8.68. The Balaban J connectivity index is 2.29. The minimum absolute atomic E-state index is 0.248. The van der Waals surface area contributed by atoms with E-state index >= 15 is 0 Å². The number of amides is 1. The van der Waals surface area contributed by atoms with E-state index in [1.165, 1.54) is 23.4 Å². The second kappa shape index (κ2) is 5.14. The van der Waals surface area contributed by atoms with Gasteiger partial charge in [-0.05, 0) is 18.2 Å². The van der Waals surface area contributed by atoms with Crippen LogP contribution in [0.3, 0.4) is 0 Å². The van der Waals surface area contributed by atoms with Gasteiger partial charge in [0.05, 0.1) is 23.1 Å². The molecule has 2 heterocycles. The summed E-state index contributed by atoms with van der Waals surface area (Å²) in [4.78, 5) is 21.4. The van der Waals surface area contributed by atoms with Gasteiger partial charge in [-0.2, -0.15) is 5.26 Å². The van der Waals surface area contributed by atoms with Crippen LogP contribution in [0.25, 0.3) is 0 Å². The normalized spacial score (nSPS) is 9.68. The van der Waals surface area contributed by atoms with Crippen molar-refractivity contribution in [3.63, 3.8) is 0 Å². The summed E-state index contributed by atoms with van der Waals surface area (Å²) in [7, 11) is 1.61. The molecule has 2 aromatic heterocycles. The number of nitrogens with zero attached hydrogens (tertiary/aromatic N) is 4. The first-order chi connectivity index (χ1) is 9.13. The van der Waals surface area contributed by atoms with Gasteiger partial charge in [0, 0.05) is 19.4 Å². The van der Waals surface area contributed by atoms with Crippen LogP contribution < -0.4 is 10.6 Å². The summed E-state index contributed by atoms with van der Waals surface area (Å²) >= 11 is 0. The number of nitrogens with two attached hydrogens (primary N) is 1. The van der Waals surface area contributed by atoms with Crippen LogP contribution in [0.2, 0.25) is 0 Å². The highest BCUT2D eigenvalue weighted by Crippen LogP contribution is 2.21. The Morgan fingerprint density at radius 2 is 2.16 bits per heavy atom. The topological polar surface area (TPSA) is 95.9 Å². The SMILES string of the molecule is CN(C(=O)c1ccc(C#N)cn1)c1ccncc1N. The van der Waals surface area contributed by atoms with Crippen molar-refractivity contribution >= 4 is 17.3 Å². The van der Waals surface area contributed by atoms with Crippen LogP contribution in [0.5, 0.6) is 0 Å². The van der Waals surface area contributed by atoms with E-state index in [4.69, 9.17) is 11.0 Å².